The van der Waals surface area contributed by atoms with Gasteiger partial charge in [0.25, 0.3) is 0 Å². The van der Waals surface area contributed by atoms with E-state index in [1.54, 1.807) is 13.8 Å². The van der Waals surface area contributed by atoms with E-state index in [4.69, 9.17) is 14.2 Å². The summed E-state index contributed by atoms with van der Waals surface area (Å²) in [6.07, 6.45) is 1.74. The van der Waals surface area contributed by atoms with Gasteiger partial charge in [-0.1, -0.05) is 19.4 Å². The number of esters is 1. The molecule has 12 heteroatoms. The van der Waals surface area contributed by atoms with E-state index < -0.39 is 36.3 Å². The van der Waals surface area contributed by atoms with Gasteiger partial charge in [0.05, 0.1) is 12.2 Å². The topological polar surface area (TPSA) is 132 Å². The largest absolute Gasteiger partial charge is 0.462 e. The highest BCUT2D eigenvalue weighted by Crippen LogP contribution is 2.37. The molecule has 0 aliphatic carbocycles. The van der Waals surface area contributed by atoms with E-state index in [2.05, 4.69) is 5.32 Å². The van der Waals surface area contributed by atoms with E-state index in [0.717, 1.165) is 21.8 Å². The molecule has 196 valence electrons. The van der Waals surface area contributed by atoms with Crippen molar-refractivity contribution in [2.75, 3.05) is 31.8 Å². The first-order valence-electron chi connectivity index (χ1n) is 11.9. The standard InChI is InChI=1S/C25H27N3O8S/c1-4-6-9-27-22(30)23(31)28(25(27)33)12-19(29)26-21-20(24(32)34-5-2)14(3)18(37-21)11-15-7-8-16-17(10-15)36-13-35-16/h7-8,10H,4-6,9,11-13H2,1-3H3,(H,26,29). The van der Waals surface area contributed by atoms with Gasteiger partial charge < -0.3 is 19.5 Å². The fourth-order valence-corrected chi connectivity index (χ4v) is 5.26. The number of ether oxygens (including phenoxy) is 3. The second kappa shape index (κ2) is 11.0. The molecular weight excluding hydrogens is 502 g/mol. The zero-order chi connectivity index (χ0) is 26.7. The van der Waals surface area contributed by atoms with Crippen LogP contribution in [0.5, 0.6) is 11.5 Å². The van der Waals surface area contributed by atoms with Crippen molar-refractivity contribution < 1.29 is 38.2 Å². The number of unbranched alkanes of at least 4 members (excludes halogenated alkanes) is 1. The van der Waals surface area contributed by atoms with Crippen molar-refractivity contribution in [3.8, 4) is 11.5 Å². The van der Waals surface area contributed by atoms with Gasteiger partial charge in [-0.3, -0.25) is 19.3 Å². The number of hydrogen-bond donors (Lipinski definition) is 1. The van der Waals surface area contributed by atoms with Crippen LogP contribution in [-0.2, 0) is 25.5 Å². The van der Waals surface area contributed by atoms with Gasteiger partial charge in [0.2, 0.25) is 12.7 Å². The van der Waals surface area contributed by atoms with E-state index in [0.29, 0.717) is 34.8 Å². The molecule has 37 heavy (non-hydrogen) atoms. The van der Waals surface area contributed by atoms with Gasteiger partial charge in [-0.25, -0.2) is 14.5 Å². The van der Waals surface area contributed by atoms with Gasteiger partial charge in [-0.05, 0) is 43.5 Å². The first-order chi connectivity index (χ1) is 17.7. The number of benzene rings is 1. The number of hydrogen-bond acceptors (Lipinski definition) is 9. The fourth-order valence-electron chi connectivity index (χ4n) is 4.02. The second-order valence-electron chi connectivity index (χ2n) is 8.47. The number of nitrogens with zero attached hydrogens (tertiary/aromatic N) is 2. The quantitative estimate of drug-likeness (QED) is 0.282. The third kappa shape index (κ3) is 5.29. The molecule has 5 amide bonds. The van der Waals surface area contributed by atoms with Gasteiger partial charge >= 0.3 is 23.8 Å². The number of amides is 5. The third-order valence-electron chi connectivity index (χ3n) is 5.95. The maximum atomic E-state index is 12.9. The monoisotopic (exact) mass is 529 g/mol. The third-order valence-corrected chi connectivity index (χ3v) is 7.16. The molecule has 1 aromatic heterocycles. The molecular formula is C25H27N3O8S. The minimum absolute atomic E-state index is 0.109. The summed E-state index contributed by atoms with van der Waals surface area (Å²) in [5.41, 5.74) is 1.77. The van der Waals surface area contributed by atoms with Crippen molar-refractivity contribution in [1.82, 2.24) is 9.80 Å². The molecule has 0 radical (unpaired) electrons. The van der Waals surface area contributed by atoms with Gasteiger partial charge in [0.15, 0.2) is 11.5 Å². The lowest BCUT2D eigenvalue weighted by molar-refractivity contribution is -0.143. The first-order valence-corrected chi connectivity index (χ1v) is 12.7. The highest BCUT2D eigenvalue weighted by molar-refractivity contribution is 7.17. The first kappa shape index (κ1) is 26.1. The summed E-state index contributed by atoms with van der Waals surface area (Å²) in [4.78, 5) is 65.0. The SMILES string of the molecule is CCCCN1C(=O)C(=O)N(CC(=O)Nc2sc(Cc3ccc4c(c3)OCO4)c(C)c2C(=O)OCC)C1=O. The Morgan fingerprint density at radius 3 is 2.54 bits per heavy atom. The second-order valence-corrected chi connectivity index (χ2v) is 9.58. The van der Waals surface area contributed by atoms with Crippen molar-refractivity contribution in [3.63, 3.8) is 0 Å². The molecule has 2 aliphatic rings. The summed E-state index contributed by atoms with van der Waals surface area (Å²) in [6.45, 7) is 5.09. The van der Waals surface area contributed by atoms with E-state index in [1.165, 1.54) is 11.3 Å². The van der Waals surface area contributed by atoms with Crippen LogP contribution in [0.15, 0.2) is 18.2 Å². The highest BCUT2D eigenvalue weighted by atomic mass is 32.1. The zero-order valence-corrected chi connectivity index (χ0v) is 21.6. The van der Waals surface area contributed by atoms with Crippen LogP contribution in [-0.4, -0.2) is 66.0 Å². The van der Waals surface area contributed by atoms with Crippen LogP contribution >= 0.6 is 11.3 Å². The van der Waals surface area contributed by atoms with Crippen molar-refractivity contribution in [2.45, 2.75) is 40.0 Å². The molecule has 4 rings (SSSR count). The van der Waals surface area contributed by atoms with Gasteiger partial charge in [-0.15, -0.1) is 11.3 Å². The smallest absolute Gasteiger partial charge is 0.341 e. The van der Waals surface area contributed by atoms with Crippen molar-refractivity contribution in [3.05, 3.63) is 39.8 Å². The van der Waals surface area contributed by atoms with E-state index >= 15 is 0 Å². The van der Waals surface area contributed by atoms with Crippen LogP contribution < -0.4 is 14.8 Å². The van der Waals surface area contributed by atoms with Crippen LogP contribution in [0, 0.1) is 6.92 Å². The van der Waals surface area contributed by atoms with E-state index in [1.807, 2.05) is 25.1 Å². The molecule has 11 nitrogen and oxygen atoms in total. The maximum Gasteiger partial charge on any atom is 0.341 e. The Hall–Kier alpha value is -3.93. The molecule has 0 spiro atoms. The summed E-state index contributed by atoms with van der Waals surface area (Å²) in [7, 11) is 0. The molecule has 1 fully saturated rings. The number of rotatable bonds is 10. The fraction of sp³-hybridized carbons (Fsp3) is 0.400. The highest BCUT2D eigenvalue weighted by Gasteiger charge is 2.44. The molecule has 0 bridgehead atoms. The molecule has 0 atom stereocenters. The van der Waals surface area contributed by atoms with Crippen LogP contribution in [0.3, 0.4) is 0 Å². The van der Waals surface area contributed by atoms with Crippen molar-refractivity contribution in [2.24, 2.45) is 0 Å². The van der Waals surface area contributed by atoms with E-state index in [9.17, 15) is 24.0 Å². The molecule has 0 unspecified atom stereocenters. The molecule has 2 aromatic rings. The summed E-state index contributed by atoms with van der Waals surface area (Å²) in [6, 6.07) is 4.73. The van der Waals surface area contributed by atoms with Gasteiger partial charge in [0.1, 0.15) is 11.5 Å². The Morgan fingerprint density at radius 2 is 1.81 bits per heavy atom. The van der Waals surface area contributed by atoms with Crippen LogP contribution in [0.1, 0.15) is 53.1 Å². The molecule has 1 aromatic carbocycles. The van der Waals surface area contributed by atoms with Crippen molar-refractivity contribution in [1.29, 1.82) is 0 Å². The number of thiophene rings is 1. The number of fused-ring (bicyclic) bond motifs is 1. The normalized spacial score (nSPS) is 14.5. The van der Waals surface area contributed by atoms with Gasteiger partial charge in [0, 0.05) is 17.8 Å². The number of anilines is 1. The maximum absolute atomic E-state index is 12.9. The Balaban J connectivity index is 1.54. The number of carbonyl (C=O) groups excluding carboxylic acids is 5. The number of carbonyl (C=O) groups is 5. The number of urea groups is 1. The number of imide groups is 2. The molecule has 0 saturated carbocycles. The average Bonchev–Trinajstić information content (AvgIpc) is 3.50. The lowest BCUT2D eigenvalue weighted by atomic mass is 10.1. The summed E-state index contributed by atoms with van der Waals surface area (Å²) < 4.78 is 16.0. The predicted octanol–water partition coefficient (Wildman–Crippen LogP) is 3.08. The summed E-state index contributed by atoms with van der Waals surface area (Å²) >= 11 is 1.20. The minimum Gasteiger partial charge on any atom is -0.462 e. The summed E-state index contributed by atoms with van der Waals surface area (Å²) in [5.74, 6) is -2.02. The van der Waals surface area contributed by atoms with E-state index in [-0.39, 0.29) is 30.5 Å². The predicted molar refractivity (Wildman–Crippen MR) is 133 cm³/mol. The Bertz CT molecular complexity index is 1270. The van der Waals surface area contributed by atoms with Crippen LogP contribution in [0.2, 0.25) is 0 Å². The Morgan fingerprint density at radius 1 is 1.08 bits per heavy atom. The van der Waals surface area contributed by atoms with Gasteiger partial charge in [-0.2, -0.15) is 0 Å². The average molecular weight is 530 g/mol. The molecule has 1 N–H and O–H groups in total. The molecule has 3 heterocycles. The minimum atomic E-state index is -1.05. The zero-order valence-electron chi connectivity index (χ0n) is 20.8. The lowest BCUT2D eigenvalue weighted by Crippen LogP contribution is -2.39. The Labute approximate surface area is 217 Å². The van der Waals surface area contributed by atoms with Crippen LogP contribution in [0.25, 0.3) is 0 Å². The summed E-state index contributed by atoms with van der Waals surface area (Å²) in [5, 5.41) is 2.88. The lowest BCUT2D eigenvalue weighted by Gasteiger charge is -2.15. The molecule has 1 saturated heterocycles. The van der Waals surface area contributed by atoms with Crippen molar-refractivity contribution >= 4 is 46.1 Å². The Kier molecular flexibility index (Phi) is 7.77. The van der Waals surface area contributed by atoms with Crippen LogP contribution in [0.4, 0.5) is 9.80 Å². The molecule has 2 aliphatic heterocycles. The number of nitrogens with one attached hydrogen (secondary N) is 1.